The molecule has 1 unspecified atom stereocenters. The number of amides is 1. The number of benzene rings is 3. The van der Waals surface area contributed by atoms with Crippen LogP contribution in [0.3, 0.4) is 0 Å². The van der Waals surface area contributed by atoms with Gasteiger partial charge in [-0.15, -0.1) is 0 Å². The third kappa shape index (κ3) is 23.1. The third-order valence-corrected chi connectivity index (χ3v) is 10.7. The molecule has 324 valence electrons. The molecule has 0 aliphatic rings. The van der Waals surface area contributed by atoms with E-state index in [1.165, 1.54) is 103 Å². The van der Waals surface area contributed by atoms with Crippen LogP contribution in [0.15, 0.2) is 72.8 Å². The average molecular weight is 801 g/mol. The van der Waals surface area contributed by atoms with Crippen LogP contribution in [0.1, 0.15) is 166 Å². The van der Waals surface area contributed by atoms with Gasteiger partial charge in [-0.25, -0.2) is 0 Å². The van der Waals surface area contributed by atoms with Crippen molar-refractivity contribution in [3.63, 3.8) is 0 Å². The van der Waals surface area contributed by atoms with Gasteiger partial charge in [0.1, 0.15) is 12.4 Å². The number of nitrogens with one attached hydrogen (secondary N) is 1. The van der Waals surface area contributed by atoms with Gasteiger partial charge in [-0.05, 0) is 65.6 Å². The summed E-state index contributed by atoms with van der Waals surface area (Å²) in [5.41, 5.74) is 9.43. The molecule has 3 rings (SSSR count). The summed E-state index contributed by atoms with van der Waals surface area (Å²) in [6, 6.07) is 23.7. The number of carbonyl (C=O) groups is 1. The van der Waals surface area contributed by atoms with Crippen molar-refractivity contribution in [3.8, 4) is 17.2 Å². The molecule has 0 aliphatic carbocycles. The molecule has 0 saturated heterocycles. The summed E-state index contributed by atoms with van der Waals surface area (Å²) in [6.45, 7) is 12.3. The van der Waals surface area contributed by atoms with E-state index in [9.17, 15) is 4.79 Å². The van der Waals surface area contributed by atoms with Crippen LogP contribution in [-0.2, 0) is 16.0 Å². The molecule has 0 aliphatic heterocycles. The molecule has 1 amide bonds. The molecule has 0 spiro atoms. The second kappa shape index (κ2) is 31.4. The molecule has 3 aromatic carbocycles. The van der Waals surface area contributed by atoms with Crippen LogP contribution in [0.4, 0.5) is 0 Å². The zero-order chi connectivity index (χ0) is 41.5. The lowest BCUT2D eigenvalue weighted by molar-refractivity contribution is -0.120. The number of unbranched alkanes of at least 4 members (excludes halogenated alkanes) is 14. The topological polar surface area (TPSA) is 92.0 Å². The van der Waals surface area contributed by atoms with Gasteiger partial charge in [-0.3, -0.25) is 4.79 Å². The summed E-state index contributed by atoms with van der Waals surface area (Å²) < 4.78 is 24.1. The van der Waals surface area contributed by atoms with E-state index in [2.05, 4.69) is 33.0 Å². The Morgan fingerprint density at radius 3 is 1.62 bits per heavy atom. The Morgan fingerprint density at radius 2 is 1.05 bits per heavy atom. The molecule has 7 nitrogen and oxygen atoms in total. The molecule has 3 aromatic rings. The van der Waals surface area contributed by atoms with Gasteiger partial charge >= 0.3 is 0 Å². The smallest absolute Gasteiger partial charge is 0.224 e. The standard InChI is InChI=1S/C51H80N2O5/c1-42(2)24-18-13-9-5-7-11-15-22-35-57-48-33-28-44(40-49(48)58-36-23-16-12-8-6-10-14-19-25-43(3)4)41-50(54)53-34-37-55-38-39-56-47-31-29-46(30-32-47)51(52)45-26-20-17-21-27-45/h17,20-21,26-33,40,42-43,51H,5-16,18-19,22-25,34-39,41,52H2,1-4H3,(H,53,54). The fourth-order valence-corrected chi connectivity index (χ4v) is 7.14. The van der Waals surface area contributed by atoms with Gasteiger partial charge in [0, 0.05) is 6.54 Å². The van der Waals surface area contributed by atoms with Crippen molar-refractivity contribution in [2.45, 2.75) is 156 Å². The fourth-order valence-electron chi connectivity index (χ4n) is 7.14. The Morgan fingerprint density at radius 1 is 0.534 bits per heavy atom. The third-order valence-electron chi connectivity index (χ3n) is 10.7. The van der Waals surface area contributed by atoms with E-state index in [1.54, 1.807) is 0 Å². The van der Waals surface area contributed by atoms with Crippen molar-refractivity contribution in [1.82, 2.24) is 5.32 Å². The number of rotatable bonds is 35. The van der Waals surface area contributed by atoms with Crippen LogP contribution in [0.25, 0.3) is 0 Å². The Kier molecular flexibility index (Phi) is 26.4. The number of hydrogen-bond donors (Lipinski definition) is 2. The Bertz CT molecular complexity index is 1450. The highest BCUT2D eigenvalue weighted by Crippen LogP contribution is 2.30. The van der Waals surface area contributed by atoms with Gasteiger partial charge in [0.15, 0.2) is 11.5 Å². The van der Waals surface area contributed by atoms with Crippen molar-refractivity contribution >= 4 is 5.91 Å². The van der Waals surface area contributed by atoms with Crippen molar-refractivity contribution in [2.75, 3.05) is 39.6 Å². The van der Waals surface area contributed by atoms with E-state index < -0.39 is 0 Å². The molecule has 0 radical (unpaired) electrons. The van der Waals surface area contributed by atoms with E-state index >= 15 is 0 Å². The highest BCUT2D eigenvalue weighted by atomic mass is 16.5. The molecule has 0 bridgehead atoms. The molecule has 0 saturated carbocycles. The number of ether oxygens (including phenoxy) is 4. The summed E-state index contributed by atoms with van der Waals surface area (Å²) in [6.07, 6.45) is 23.4. The van der Waals surface area contributed by atoms with Gasteiger partial charge in [0.2, 0.25) is 5.91 Å². The number of nitrogens with two attached hydrogens (primary N) is 1. The zero-order valence-corrected chi connectivity index (χ0v) is 37.0. The van der Waals surface area contributed by atoms with Crippen molar-refractivity contribution in [2.24, 2.45) is 17.6 Å². The largest absolute Gasteiger partial charge is 0.491 e. The highest BCUT2D eigenvalue weighted by Gasteiger charge is 2.11. The molecule has 0 heterocycles. The minimum Gasteiger partial charge on any atom is -0.491 e. The molecule has 0 aromatic heterocycles. The normalized spacial score (nSPS) is 11.9. The van der Waals surface area contributed by atoms with E-state index in [-0.39, 0.29) is 18.4 Å². The molecule has 7 heteroatoms. The fraction of sp³-hybridized carbons (Fsp3) is 0.627. The van der Waals surface area contributed by atoms with Crippen LogP contribution in [0.2, 0.25) is 0 Å². The maximum Gasteiger partial charge on any atom is 0.224 e. The summed E-state index contributed by atoms with van der Waals surface area (Å²) in [7, 11) is 0. The zero-order valence-electron chi connectivity index (χ0n) is 37.0. The highest BCUT2D eigenvalue weighted by molar-refractivity contribution is 5.78. The minimum atomic E-state index is -0.172. The first-order valence-electron chi connectivity index (χ1n) is 23.1. The predicted molar refractivity (Wildman–Crippen MR) is 242 cm³/mol. The maximum atomic E-state index is 12.8. The summed E-state index contributed by atoms with van der Waals surface area (Å²) in [4.78, 5) is 12.8. The van der Waals surface area contributed by atoms with Gasteiger partial charge < -0.3 is 30.0 Å². The van der Waals surface area contributed by atoms with Crippen molar-refractivity contribution in [1.29, 1.82) is 0 Å². The lowest BCUT2D eigenvalue weighted by Gasteiger charge is -2.15. The van der Waals surface area contributed by atoms with Crippen LogP contribution in [-0.4, -0.2) is 45.5 Å². The lowest BCUT2D eigenvalue weighted by Crippen LogP contribution is -2.29. The van der Waals surface area contributed by atoms with Crippen LogP contribution in [0.5, 0.6) is 17.2 Å². The van der Waals surface area contributed by atoms with Crippen LogP contribution < -0.4 is 25.3 Å². The molecular weight excluding hydrogens is 721 g/mol. The van der Waals surface area contributed by atoms with E-state index in [0.29, 0.717) is 39.6 Å². The van der Waals surface area contributed by atoms with Gasteiger partial charge in [0.05, 0.1) is 38.9 Å². The van der Waals surface area contributed by atoms with E-state index in [0.717, 1.165) is 58.6 Å². The average Bonchev–Trinajstić information content (AvgIpc) is 3.22. The van der Waals surface area contributed by atoms with Crippen LogP contribution >= 0.6 is 0 Å². The Hall–Kier alpha value is -3.55. The second-order valence-electron chi connectivity index (χ2n) is 16.9. The number of hydrogen-bond acceptors (Lipinski definition) is 6. The summed E-state index contributed by atoms with van der Waals surface area (Å²) >= 11 is 0. The van der Waals surface area contributed by atoms with Crippen LogP contribution in [0, 0.1) is 11.8 Å². The van der Waals surface area contributed by atoms with Gasteiger partial charge in [-0.1, -0.05) is 179 Å². The van der Waals surface area contributed by atoms with Gasteiger partial charge in [0.25, 0.3) is 0 Å². The molecule has 58 heavy (non-hydrogen) atoms. The SMILES string of the molecule is CC(C)CCCCCCCCCCOc1ccc(CC(=O)NCCOCCOc2ccc(C(N)c3ccccc3)cc2)cc1OCCCCCCCCCCC(C)C. The summed E-state index contributed by atoms with van der Waals surface area (Å²) in [5, 5.41) is 2.99. The Balaban J connectivity index is 1.33. The monoisotopic (exact) mass is 801 g/mol. The molecule has 0 fully saturated rings. The van der Waals surface area contributed by atoms with E-state index in [4.69, 9.17) is 24.7 Å². The number of carbonyl (C=O) groups excluding carboxylic acids is 1. The first-order chi connectivity index (χ1) is 28.3. The first kappa shape index (κ1) is 48.8. The van der Waals surface area contributed by atoms with Crippen molar-refractivity contribution < 1.29 is 23.7 Å². The second-order valence-corrected chi connectivity index (χ2v) is 16.9. The predicted octanol–water partition coefficient (Wildman–Crippen LogP) is 12.6. The molecular formula is C51H80N2O5. The Labute approximate surface area is 353 Å². The van der Waals surface area contributed by atoms with Crippen molar-refractivity contribution in [3.05, 3.63) is 89.5 Å². The van der Waals surface area contributed by atoms with Gasteiger partial charge in [-0.2, -0.15) is 0 Å². The maximum absolute atomic E-state index is 12.8. The first-order valence-corrected chi connectivity index (χ1v) is 23.1. The molecule has 3 N–H and O–H groups in total. The van der Waals surface area contributed by atoms with E-state index in [1.807, 2.05) is 72.8 Å². The quantitative estimate of drug-likeness (QED) is 0.0576. The minimum absolute atomic E-state index is 0.0441. The molecule has 1 atom stereocenters. The summed E-state index contributed by atoms with van der Waals surface area (Å²) in [5.74, 6) is 3.89. The lowest BCUT2D eigenvalue weighted by atomic mass is 10.00.